The first-order valence-corrected chi connectivity index (χ1v) is 18.3. The van der Waals surface area contributed by atoms with Gasteiger partial charge in [0, 0.05) is 22.1 Å². The molecule has 0 atom stereocenters. The number of nitriles is 1. The van der Waals surface area contributed by atoms with E-state index in [2.05, 4.69) is 135 Å². The maximum absolute atomic E-state index is 9.35. The molecule has 0 saturated carbocycles. The molecule has 0 bridgehead atoms. The molecule has 1 aromatic heterocycles. The van der Waals surface area contributed by atoms with Gasteiger partial charge in [-0.3, -0.25) is 0 Å². The highest BCUT2D eigenvalue weighted by atomic mass is 15.0. The van der Waals surface area contributed by atoms with Gasteiger partial charge in [0.1, 0.15) is 0 Å². The van der Waals surface area contributed by atoms with Crippen LogP contribution in [0.25, 0.3) is 56.4 Å². The van der Waals surface area contributed by atoms with Gasteiger partial charge in [0.15, 0.2) is 17.5 Å². The van der Waals surface area contributed by atoms with E-state index in [1.54, 1.807) is 12.1 Å². The molecule has 10 rings (SSSR count). The van der Waals surface area contributed by atoms with Gasteiger partial charge in [0.25, 0.3) is 0 Å². The maximum atomic E-state index is 9.35. The Balaban J connectivity index is 1.11. The zero-order valence-electron chi connectivity index (χ0n) is 30.0. The Morgan fingerprint density at radius 3 is 1.39 bits per heavy atom. The van der Waals surface area contributed by atoms with Gasteiger partial charge in [0.2, 0.25) is 0 Å². The van der Waals surface area contributed by atoms with E-state index in [9.17, 15) is 5.26 Å². The lowest BCUT2D eigenvalue weighted by Gasteiger charge is -2.46. The molecule has 7 aromatic carbocycles. The number of hydrogen-bond donors (Lipinski definition) is 0. The van der Waals surface area contributed by atoms with Gasteiger partial charge < -0.3 is 0 Å². The van der Waals surface area contributed by atoms with E-state index < -0.39 is 5.41 Å². The first-order chi connectivity index (χ1) is 26.5. The zero-order chi connectivity index (χ0) is 36.4. The van der Waals surface area contributed by atoms with Crippen molar-refractivity contribution in [1.29, 1.82) is 5.26 Å². The van der Waals surface area contributed by atoms with Crippen molar-refractivity contribution in [3.8, 4) is 62.5 Å². The van der Waals surface area contributed by atoms with E-state index in [-0.39, 0.29) is 5.41 Å². The molecule has 0 amide bonds. The second-order valence-corrected chi connectivity index (χ2v) is 14.7. The monoisotopic (exact) mass is 690 g/mol. The third kappa shape index (κ3) is 4.65. The first-order valence-electron chi connectivity index (χ1n) is 18.3. The van der Waals surface area contributed by atoms with Crippen molar-refractivity contribution in [2.75, 3.05) is 0 Å². The van der Waals surface area contributed by atoms with Crippen LogP contribution in [0.15, 0.2) is 170 Å². The number of rotatable bonds is 4. The Hall–Kier alpha value is -6.96. The molecule has 2 aliphatic carbocycles. The summed E-state index contributed by atoms with van der Waals surface area (Å²) in [6.07, 6.45) is 0. The van der Waals surface area contributed by atoms with E-state index >= 15 is 0 Å². The third-order valence-electron chi connectivity index (χ3n) is 11.5. The summed E-state index contributed by atoms with van der Waals surface area (Å²) >= 11 is 0. The molecule has 2 aliphatic rings. The highest BCUT2D eigenvalue weighted by molar-refractivity contribution is 5.90. The van der Waals surface area contributed by atoms with Crippen LogP contribution >= 0.6 is 0 Å². The van der Waals surface area contributed by atoms with E-state index in [1.807, 2.05) is 42.5 Å². The summed E-state index contributed by atoms with van der Waals surface area (Å²) in [7, 11) is 0. The van der Waals surface area contributed by atoms with Crippen molar-refractivity contribution in [3.63, 3.8) is 0 Å². The third-order valence-corrected chi connectivity index (χ3v) is 11.5. The van der Waals surface area contributed by atoms with Crippen LogP contribution in [0.2, 0.25) is 0 Å². The summed E-state index contributed by atoms with van der Waals surface area (Å²) in [6, 6.07) is 62.2. The minimum atomic E-state index is -0.439. The van der Waals surface area contributed by atoms with Crippen LogP contribution in [0.4, 0.5) is 0 Å². The topological polar surface area (TPSA) is 62.5 Å². The van der Waals surface area contributed by atoms with Crippen molar-refractivity contribution in [2.45, 2.75) is 24.7 Å². The van der Waals surface area contributed by atoms with E-state index in [4.69, 9.17) is 15.0 Å². The highest BCUT2D eigenvalue weighted by Gasteiger charge is 2.53. The van der Waals surface area contributed by atoms with Gasteiger partial charge in [0.05, 0.1) is 17.0 Å². The fourth-order valence-corrected chi connectivity index (χ4v) is 8.90. The quantitative estimate of drug-likeness (QED) is 0.184. The molecule has 0 saturated heterocycles. The number of hydrogen-bond acceptors (Lipinski definition) is 4. The van der Waals surface area contributed by atoms with Crippen molar-refractivity contribution in [3.05, 3.63) is 209 Å². The first kappa shape index (κ1) is 31.7. The molecule has 0 N–H and O–H groups in total. The summed E-state index contributed by atoms with van der Waals surface area (Å²) in [5, 5.41) is 9.35. The normalized spacial score (nSPS) is 14.0. The van der Waals surface area contributed by atoms with Gasteiger partial charge in [-0.15, -0.1) is 0 Å². The van der Waals surface area contributed by atoms with Crippen LogP contribution in [0.3, 0.4) is 0 Å². The Labute approximate surface area is 315 Å². The van der Waals surface area contributed by atoms with Gasteiger partial charge in [-0.1, -0.05) is 153 Å². The Kier molecular flexibility index (Phi) is 7.08. The van der Waals surface area contributed by atoms with Crippen LogP contribution in [0.1, 0.15) is 52.8 Å². The summed E-state index contributed by atoms with van der Waals surface area (Å²) in [6.45, 7) is 4.72. The number of nitrogens with zero attached hydrogens (tertiary/aromatic N) is 4. The molecule has 54 heavy (non-hydrogen) atoms. The second kappa shape index (κ2) is 12.0. The van der Waals surface area contributed by atoms with Gasteiger partial charge >= 0.3 is 0 Å². The Morgan fingerprint density at radius 1 is 0.389 bits per heavy atom. The van der Waals surface area contributed by atoms with Gasteiger partial charge in [-0.2, -0.15) is 5.26 Å². The number of benzene rings is 7. The molecule has 0 aliphatic heterocycles. The largest absolute Gasteiger partial charge is 0.208 e. The molecule has 8 aromatic rings. The summed E-state index contributed by atoms with van der Waals surface area (Å²) in [4.78, 5) is 14.7. The van der Waals surface area contributed by atoms with Crippen molar-refractivity contribution < 1.29 is 0 Å². The summed E-state index contributed by atoms with van der Waals surface area (Å²) in [5.41, 5.74) is 15.6. The lowest BCUT2D eigenvalue weighted by atomic mass is 9.55. The van der Waals surface area contributed by atoms with E-state index in [0.717, 1.165) is 27.8 Å². The van der Waals surface area contributed by atoms with Crippen molar-refractivity contribution in [1.82, 2.24) is 15.0 Å². The predicted molar refractivity (Wildman–Crippen MR) is 216 cm³/mol. The predicted octanol–water partition coefficient (Wildman–Crippen LogP) is 11.4. The summed E-state index contributed by atoms with van der Waals surface area (Å²) in [5.74, 6) is 1.76. The van der Waals surface area contributed by atoms with E-state index in [1.165, 1.54) is 44.5 Å². The molecule has 1 spiro atoms. The van der Waals surface area contributed by atoms with Crippen LogP contribution in [-0.4, -0.2) is 15.0 Å². The Morgan fingerprint density at radius 2 is 0.815 bits per heavy atom. The lowest BCUT2D eigenvalue weighted by Crippen LogP contribution is -2.40. The maximum Gasteiger partial charge on any atom is 0.164 e. The molecule has 0 radical (unpaired) electrons. The van der Waals surface area contributed by atoms with Crippen LogP contribution in [0, 0.1) is 11.3 Å². The van der Waals surface area contributed by atoms with E-state index in [0.29, 0.717) is 23.0 Å². The average molecular weight is 691 g/mol. The molecule has 254 valence electrons. The standard InChI is InChI=1S/C50H34N4/c1-49(2)41-16-8-10-18-43(41)50(44-19-11-9-17-42(44)49)40-15-7-6-14-38(40)39-29-28-37(30-45(39)50)33-24-26-36(27-25-33)48-53-46(34-12-4-3-5-13-34)52-47(54-48)35-22-20-32(31-51)21-23-35/h3-30H,1-2H3. The smallest absolute Gasteiger partial charge is 0.164 e. The molecule has 1 heterocycles. The number of aromatic nitrogens is 3. The molecule has 4 nitrogen and oxygen atoms in total. The molecular formula is C50H34N4. The highest BCUT2D eigenvalue weighted by Crippen LogP contribution is 2.62. The van der Waals surface area contributed by atoms with Crippen LogP contribution < -0.4 is 0 Å². The lowest BCUT2D eigenvalue weighted by molar-refractivity contribution is 0.563. The SMILES string of the molecule is CC1(C)c2ccccc2C2(c3ccccc3-c3ccc(-c4ccc(-c5nc(-c6ccccc6)nc(-c6ccc(C#N)cc6)n5)cc4)cc32)c2ccccc21. The van der Waals surface area contributed by atoms with Gasteiger partial charge in [-0.25, -0.2) is 15.0 Å². The van der Waals surface area contributed by atoms with Crippen molar-refractivity contribution in [2.24, 2.45) is 0 Å². The molecule has 4 heteroatoms. The minimum Gasteiger partial charge on any atom is -0.208 e. The molecule has 0 fully saturated rings. The fraction of sp³-hybridized carbons (Fsp3) is 0.0800. The Bertz CT molecular complexity index is 2740. The molecule has 0 unspecified atom stereocenters. The minimum absolute atomic E-state index is 0.140. The fourth-order valence-electron chi connectivity index (χ4n) is 8.90. The van der Waals surface area contributed by atoms with Gasteiger partial charge in [-0.05, 0) is 86.0 Å². The summed E-state index contributed by atoms with van der Waals surface area (Å²) < 4.78 is 0. The van der Waals surface area contributed by atoms with Crippen LogP contribution in [0.5, 0.6) is 0 Å². The number of fused-ring (bicyclic) bond motifs is 9. The second-order valence-electron chi connectivity index (χ2n) is 14.7. The molecular weight excluding hydrogens is 657 g/mol. The van der Waals surface area contributed by atoms with Crippen molar-refractivity contribution >= 4 is 0 Å². The zero-order valence-corrected chi connectivity index (χ0v) is 30.0. The average Bonchev–Trinajstić information content (AvgIpc) is 3.53. The van der Waals surface area contributed by atoms with Crippen LogP contribution in [-0.2, 0) is 10.8 Å².